The highest BCUT2D eigenvalue weighted by atomic mass is 31.3. The Balaban J connectivity index is 1.19. The van der Waals surface area contributed by atoms with Crippen molar-refractivity contribution in [1.82, 2.24) is 24.4 Å². The van der Waals surface area contributed by atoms with Gasteiger partial charge in [0.2, 0.25) is 11.7 Å². The monoisotopic (exact) mass is 893 g/mol. The molecule has 324 valence electrons. The fourth-order valence-corrected chi connectivity index (χ4v) is 9.52. The molecule has 3 aliphatic heterocycles. The number of fused-ring (bicyclic) bond motifs is 1. The van der Waals surface area contributed by atoms with Gasteiger partial charge in [0.25, 0.3) is 0 Å². The van der Waals surface area contributed by atoms with Crippen molar-refractivity contribution < 1.29 is 105 Å². The topological polar surface area (TPSA) is 456 Å². The van der Waals surface area contributed by atoms with Gasteiger partial charge in [0, 0.05) is 19.0 Å². The Morgan fingerprint density at radius 2 is 1.50 bits per heavy atom. The number of hydrogen-bond donors (Lipinski definition) is 11. The van der Waals surface area contributed by atoms with Crippen LogP contribution < -0.4 is 11.5 Å². The number of nitrogens with two attached hydrogens (primary N) is 2. The molecule has 0 aliphatic carbocycles. The third-order valence-corrected chi connectivity index (χ3v) is 12.6. The molecule has 5 heterocycles. The van der Waals surface area contributed by atoms with E-state index in [2.05, 4.69) is 19.3 Å². The number of carboxylic acids is 2. The van der Waals surface area contributed by atoms with Crippen LogP contribution in [0.25, 0.3) is 11.2 Å². The molecule has 32 heteroatoms. The first-order valence-corrected chi connectivity index (χ1v) is 21.1. The highest BCUT2D eigenvalue weighted by Gasteiger charge is 2.52. The summed E-state index contributed by atoms with van der Waals surface area (Å²) in [6.07, 6.45) is -13.1. The molecule has 13 N–H and O–H groups in total. The zero-order chi connectivity index (χ0) is 43.1. The van der Waals surface area contributed by atoms with Gasteiger partial charge in [-0.15, -0.1) is 0 Å². The molecule has 3 aliphatic rings. The molecule has 3 unspecified atom stereocenters. The van der Waals surface area contributed by atoms with Crippen LogP contribution in [-0.4, -0.2) is 162 Å². The first kappa shape index (κ1) is 45.6. The van der Waals surface area contributed by atoms with E-state index in [1.807, 2.05) is 0 Å². The standard InChI is InChI=1S/C26H38N7O22P3/c27-21-15-23(30-7-29-21)33(8-31-15)25-20(54-56(43,44)45)18(38)13(53-25)6-51-58(48,49)55-57(46,47)50-5-12-17(37)19(39)24(52-12)32-2-1-9(11(4-32)22(28)40)10(3-14(34)35)16(36)26(41)42/h7-13,17-20,24-25,37-39H,1-6H2,(H2,28,40)(H,34,35)(H,41,42)(H,46,47)(H,48,49)(H2,27,29,30)(H2,43,44,45)/t9-,10-,11?,12+,13+,17+,18+,19+,20+,24+,25+/m0/s1. The van der Waals surface area contributed by atoms with E-state index in [0.717, 1.165) is 17.2 Å². The number of phosphoric acid groups is 3. The zero-order valence-electron chi connectivity index (χ0n) is 29.3. The number of piperidine rings is 1. The number of nitrogen functional groups attached to an aromatic ring is 1. The van der Waals surface area contributed by atoms with Gasteiger partial charge < -0.3 is 66.0 Å². The van der Waals surface area contributed by atoms with Crippen LogP contribution in [0.5, 0.6) is 0 Å². The van der Waals surface area contributed by atoms with Gasteiger partial charge in [-0.05, 0) is 12.3 Å². The van der Waals surface area contributed by atoms with E-state index in [1.165, 1.54) is 4.90 Å². The number of amides is 1. The smallest absolute Gasteiger partial charge is 0.481 e. The normalized spacial score (nSPS) is 32.1. The number of imidazole rings is 1. The Hall–Kier alpha value is -3.44. The average Bonchev–Trinajstić information content (AvgIpc) is 3.77. The van der Waals surface area contributed by atoms with Gasteiger partial charge in [0.1, 0.15) is 54.7 Å². The number of aromatic nitrogens is 4. The summed E-state index contributed by atoms with van der Waals surface area (Å²) in [5.41, 5.74) is 11.3. The number of carboxylic acid groups (broad SMARTS) is 2. The summed E-state index contributed by atoms with van der Waals surface area (Å²) in [5.74, 6) is -10.1. The first-order valence-electron chi connectivity index (χ1n) is 16.6. The van der Waals surface area contributed by atoms with Crippen molar-refractivity contribution in [2.24, 2.45) is 23.5 Å². The van der Waals surface area contributed by atoms with E-state index in [9.17, 15) is 78.0 Å². The van der Waals surface area contributed by atoms with E-state index in [-0.39, 0.29) is 29.9 Å². The summed E-state index contributed by atoms with van der Waals surface area (Å²) in [5, 5.41) is 50.6. The van der Waals surface area contributed by atoms with Crippen molar-refractivity contribution in [3.63, 3.8) is 0 Å². The predicted molar refractivity (Wildman–Crippen MR) is 181 cm³/mol. The molecule has 0 aromatic carbocycles. The van der Waals surface area contributed by atoms with Crippen LogP contribution in [0, 0.1) is 17.8 Å². The molecular weight excluding hydrogens is 855 g/mol. The Bertz CT molecular complexity index is 2040. The Morgan fingerprint density at radius 1 is 0.897 bits per heavy atom. The number of Topliss-reactive ketones (excluding diaryl/α,β-unsaturated/α-hetero) is 1. The maximum atomic E-state index is 12.7. The molecule has 58 heavy (non-hydrogen) atoms. The molecule has 2 aromatic rings. The minimum Gasteiger partial charge on any atom is -0.481 e. The highest BCUT2D eigenvalue weighted by Crippen LogP contribution is 2.61. The highest BCUT2D eigenvalue weighted by molar-refractivity contribution is 7.61. The lowest BCUT2D eigenvalue weighted by Crippen LogP contribution is -2.55. The second-order valence-corrected chi connectivity index (χ2v) is 17.4. The van der Waals surface area contributed by atoms with Crippen molar-refractivity contribution in [2.45, 2.75) is 61.9 Å². The summed E-state index contributed by atoms with van der Waals surface area (Å²) in [6, 6.07) is 0. The zero-order valence-corrected chi connectivity index (χ0v) is 32.0. The maximum absolute atomic E-state index is 12.7. The van der Waals surface area contributed by atoms with E-state index in [0.29, 0.717) is 0 Å². The number of ether oxygens (including phenoxy) is 2. The number of nitrogens with zero attached hydrogens (tertiary/aromatic N) is 5. The molecule has 3 fully saturated rings. The molecule has 2 aromatic heterocycles. The first-order chi connectivity index (χ1) is 26.9. The molecule has 13 atom stereocenters. The molecule has 0 radical (unpaired) electrons. The van der Waals surface area contributed by atoms with E-state index in [1.54, 1.807) is 0 Å². The molecule has 1 amide bonds. The van der Waals surface area contributed by atoms with Crippen molar-refractivity contribution in [1.29, 1.82) is 0 Å². The lowest BCUT2D eigenvalue weighted by molar-refractivity contribution is -0.157. The van der Waals surface area contributed by atoms with Crippen molar-refractivity contribution in [3.8, 4) is 0 Å². The van der Waals surface area contributed by atoms with Crippen molar-refractivity contribution in [3.05, 3.63) is 12.7 Å². The molecule has 3 saturated heterocycles. The number of phosphoric ester groups is 3. The number of rotatable bonds is 18. The molecule has 0 bridgehead atoms. The lowest BCUT2D eigenvalue weighted by Gasteiger charge is -2.42. The number of aliphatic hydroxyl groups is 3. The van der Waals surface area contributed by atoms with Gasteiger partial charge >= 0.3 is 35.4 Å². The summed E-state index contributed by atoms with van der Waals surface area (Å²) < 4.78 is 67.7. The van der Waals surface area contributed by atoms with Gasteiger partial charge in [0.05, 0.1) is 31.9 Å². The lowest BCUT2D eigenvalue weighted by atomic mass is 9.73. The van der Waals surface area contributed by atoms with Crippen LogP contribution in [0.4, 0.5) is 5.82 Å². The molecule has 0 spiro atoms. The average molecular weight is 894 g/mol. The third kappa shape index (κ3) is 10.5. The quantitative estimate of drug-likeness (QED) is 0.0502. The Labute approximate surface area is 323 Å². The summed E-state index contributed by atoms with van der Waals surface area (Å²) in [4.78, 5) is 99.8. The Kier molecular flexibility index (Phi) is 13.9. The van der Waals surface area contributed by atoms with Crippen LogP contribution in [-0.2, 0) is 60.2 Å². The number of carbonyl (C=O) groups excluding carboxylic acids is 2. The van der Waals surface area contributed by atoms with E-state index in [4.69, 9.17) is 34.5 Å². The minimum absolute atomic E-state index is 0.0282. The number of hydrogen-bond acceptors (Lipinski definition) is 21. The van der Waals surface area contributed by atoms with Crippen LogP contribution in [0.15, 0.2) is 12.7 Å². The van der Waals surface area contributed by atoms with Crippen LogP contribution >= 0.6 is 23.5 Å². The largest absolute Gasteiger partial charge is 0.481 e. The number of carbonyl (C=O) groups is 4. The number of ketones is 1. The van der Waals surface area contributed by atoms with Crippen LogP contribution in [0.1, 0.15) is 19.1 Å². The van der Waals surface area contributed by atoms with Crippen LogP contribution in [0.3, 0.4) is 0 Å². The van der Waals surface area contributed by atoms with Crippen LogP contribution in [0.2, 0.25) is 0 Å². The maximum Gasteiger partial charge on any atom is 0.481 e. The molecule has 29 nitrogen and oxygen atoms in total. The Morgan fingerprint density at radius 3 is 2.07 bits per heavy atom. The van der Waals surface area contributed by atoms with E-state index >= 15 is 0 Å². The van der Waals surface area contributed by atoms with Crippen molar-refractivity contribution >= 4 is 64.1 Å². The van der Waals surface area contributed by atoms with Gasteiger partial charge in [-0.1, -0.05) is 0 Å². The second kappa shape index (κ2) is 17.6. The number of likely N-dealkylation sites (tertiary alicyclic amines) is 1. The number of aliphatic hydroxyl groups excluding tert-OH is 3. The fraction of sp³-hybridized carbons (Fsp3) is 0.654. The SMILES string of the molecule is NC(=O)C1CN([C@@H]2O[C@H](COP(=O)(O)OP(=O)(O)OC[C@H]3O[C@@H](n4cnc5c(N)ncnc54)[C@H](OP(=O)(O)O)[C@@H]3O)[C@@H](O)[C@H]2O)CC[C@H]1[C@H](CC(=O)O)C(=O)C(=O)O. The molecular formula is C26H38N7O22P3. The van der Waals surface area contributed by atoms with Gasteiger partial charge in [-0.2, -0.15) is 4.31 Å². The van der Waals surface area contributed by atoms with E-state index < -0.39 is 140 Å². The molecule has 0 saturated carbocycles. The van der Waals surface area contributed by atoms with Gasteiger partial charge in [0.15, 0.2) is 17.7 Å². The number of primary amides is 1. The minimum atomic E-state index is -5.64. The second-order valence-electron chi connectivity index (χ2n) is 13.2. The third-order valence-electron chi connectivity index (χ3n) is 9.46. The summed E-state index contributed by atoms with van der Waals surface area (Å²) in [7, 11) is -16.6. The number of anilines is 1. The van der Waals surface area contributed by atoms with Gasteiger partial charge in [-0.3, -0.25) is 37.4 Å². The summed E-state index contributed by atoms with van der Waals surface area (Å²) >= 11 is 0. The number of aliphatic carboxylic acids is 2. The predicted octanol–water partition coefficient (Wildman–Crippen LogP) is -3.99. The van der Waals surface area contributed by atoms with Crippen molar-refractivity contribution in [2.75, 3.05) is 32.0 Å². The molecule has 5 rings (SSSR count). The van der Waals surface area contributed by atoms with Gasteiger partial charge in [-0.25, -0.2) is 33.4 Å². The fourth-order valence-electron chi connectivity index (χ4n) is 6.88. The summed E-state index contributed by atoms with van der Waals surface area (Å²) in [6.45, 7) is -2.79.